The number of nitrogens with zero attached hydrogens (tertiary/aromatic N) is 3. The van der Waals surface area contributed by atoms with Gasteiger partial charge in [0.2, 0.25) is 10.9 Å². The first-order valence-corrected chi connectivity index (χ1v) is 13.7. The van der Waals surface area contributed by atoms with Gasteiger partial charge in [-0.3, -0.25) is 14.8 Å². The fourth-order valence-electron chi connectivity index (χ4n) is 4.50. The number of anilines is 2. The average Bonchev–Trinajstić information content (AvgIpc) is 2.96. The van der Waals surface area contributed by atoms with E-state index in [-0.39, 0.29) is 28.4 Å². The first-order valence-electron chi connectivity index (χ1n) is 12.2. The van der Waals surface area contributed by atoms with Crippen molar-refractivity contribution >= 4 is 67.5 Å². The minimum Gasteiger partial charge on any atom is -0.467 e. The lowest BCUT2D eigenvalue weighted by Gasteiger charge is -2.23. The lowest BCUT2D eigenvalue weighted by Crippen LogP contribution is -2.43. The molecule has 1 heterocycles. The smallest absolute Gasteiger partial charge is 0.328 e. The molecule has 0 spiro atoms. The van der Waals surface area contributed by atoms with Gasteiger partial charge in [-0.05, 0) is 46.7 Å². The fourth-order valence-corrected chi connectivity index (χ4v) is 5.34. The Morgan fingerprint density at radius 1 is 0.925 bits per heavy atom. The monoisotopic (exact) mass is 574 g/mol. The molecule has 0 aliphatic rings. The molecule has 5 rings (SSSR count). The zero-order chi connectivity index (χ0) is 28.2. The van der Waals surface area contributed by atoms with E-state index < -0.39 is 28.8 Å². The van der Waals surface area contributed by atoms with Crippen molar-refractivity contribution in [1.82, 2.24) is 15.3 Å². The fraction of sp³-hybridized carbons (Fsp3) is 0.103. The van der Waals surface area contributed by atoms with Crippen LogP contribution in [0.4, 0.5) is 11.4 Å². The number of ether oxygens (including phenoxy) is 1. The maximum Gasteiger partial charge on any atom is 0.328 e. The van der Waals surface area contributed by atoms with Crippen LogP contribution in [0.2, 0.25) is 5.02 Å². The second-order valence-electron chi connectivity index (χ2n) is 8.85. The summed E-state index contributed by atoms with van der Waals surface area (Å²) in [6.45, 7) is 0. The number of thiol groups is 1. The third-order valence-corrected chi connectivity index (χ3v) is 7.34. The number of methoxy groups -OCH3 is 1. The Morgan fingerprint density at radius 2 is 1.70 bits per heavy atom. The van der Waals surface area contributed by atoms with Gasteiger partial charge in [0.05, 0.1) is 29.6 Å². The van der Waals surface area contributed by atoms with Crippen molar-refractivity contribution in [3.63, 3.8) is 0 Å². The first-order chi connectivity index (χ1) is 19.4. The van der Waals surface area contributed by atoms with E-state index in [1.54, 1.807) is 18.2 Å². The summed E-state index contributed by atoms with van der Waals surface area (Å²) in [5, 5.41) is 4.95. The van der Waals surface area contributed by atoms with Crippen molar-refractivity contribution in [3.8, 4) is 0 Å². The van der Waals surface area contributed by atoms with Crippen LogP contribution in [0, 0.1) is 0 Å². The van der Waals surface area contributed by atoms with Crippen LogP contribution in [0.3, 0.4) is 0 Å². The molecule has 0 bridgehead atoms. The third kappa shape index (κ3) is 5.58. The number of amides is 1. The van der Waals surface area contributed by atoms with Crippen LogP contribution in [0.5, 0.6) is 0 Å². The third-order valence-electron chi connectivity index (χ3n) is 6.35. The first kappa shape index (κ1) is 27.0. The number of benzene rings is 4. The SMILES string of the molecule is COC(=O)[C@H](Cc1ccc2ccccc2c1)NC(=O)c1ccc(Cl)cc1N(c1cccc2nccnc12)[SH](=O)=O. The molecule has 4 aromatic carbocycles. The van der Waals surface area contributed by atoms with E-state index in [9.17, 15) is 18.0 Å². The largest absolute Gasteiger partial charge is 0.467 e. The molecule has 1 aromatic heterocycles. The molecule has 0 aliphatic carbocycles. The summed E-state index contributed by atoms with van der Waals surface area (Å²) in [6.07, 6.45) is 3.10. The van der Waals surface area contributed by atoms with E-state index >= 15 is 0 Å². The number of rotatable bonds is 8. The summed E-state index contributed by atoms with van der Waals surface area (Å²) >= 11 is 6.25. The number of esters is 1. The number of carbonyl (C=O) groups is 2. The molecule has 1 amide bonds. The number of nitrogens with one attached hydrogen (secondary N) is 1. The topological polar surface area (TPSA) is 119 Å². The van der Waals surface area contributed by atoms with Crippen molar-refractivity contribution in [1.29, 1.82) is 0 Å². The summed E-state index contributed by atoms with van der Waals surface area (Å²) in [5.74, 6) is -1.33. The molecule has 0 aliphatic heterocycles. The summed E-state index contributed by atoms with van der Waals surface area (Å²) in [5.41, 5.74) is 1.77. The summed E-state index contributed by atoms with van der Waals surface area (Å²) in [7, 11) is -2.06. The lowest BCUT2D eigenvalue weighted by molar-refractivity contribution is -0.142. The van der Waals surface area contributed by atoms with Gasteiger partial charge in [0.1, 0.15) is 11.6 Å². The summed E-state index contributed by atoms with van der Waals surface area (Å²) in [6, 6.07) is 21.6. The van der Waals surface area contributed by atoms with Gasteiger partial charge in [-0.15, -0.1) is 0 Å². The Morgan fingerprint density at radius 3 is 2.48 bits per heavy atom. The quantitative estimate of drug-likeness (QED) is 0.205. The Labute approximate surface area is 236 Å². The molecule has 0 fully saturated rings. The minimum absolute atomic E-state index is 0.00594. The summed E-state index contributed by atoms with van der Waals surface area (Å²) in [4.78, 5) is 34.9. The van der Waals surface area contributed by atoms with Gasteiger partial charge in [0.15, 0.2) is 0 Å². The van der Waals surface area contributed by atoms with Gasteiger partial charge < -0.3 is 10.1 Å². The van der Waals surface area contributed by atoms with E-state index in [0.29, 0.717) is 11.0 Å². The zero-order valence-corrected chi connectivity index (χ0v) is 22.8. The van der Waals surface area contributed by atoms with Gasteiger partial charge in [-0.25, -0.2) is 17.5 Å². The van der Waals surface area contributed by atoms with E-state index in [1.807, 2.05) is 42.5 Å². The zero-order valence-electron chi connectivity index (χ0n) is 21.2. The van der Waals surface area contributed by atoms with Crippen LogP contribution in [0.25, 0.3) is 21.8 Å². The van der Waals surface area contributed by atoms with Crippen LogP contribution < -0.4 is 9.62 Å². The van der Waals surface area contributed by atoms with Crippen LogP contribution in [0.1, 0.15) is 15.9 Å². The standard InChI is InChI=1S/C29H23ClN4O5S/c1-39-29(36)24(16-18-9-10-19-5-2-3-6-20(19)15-18)33-28(35)22-12-11-21(30)17-26(22)34(40(37)38)25-8-4-7-23-27(25)32-14-13-31-23/h2-15,17,24,40H,16H2,1H3,(H,33,35)/t24-/m0/s1. The number of para-hydroxylation sites is 1. The predicted molar refractivity (Wildman–Crippen MR) is 154 cm³/mol. The summed E-state index contributed by atoms with van der Waals surface area (Å²) < 4.78 is 31.2. The van der Waals surface area contributed by atoms with Crippen LogP contribution in [-0.2, 0) is 26.8 Å². The second-order valence-corrected chi connectivity index (χ2v) is 10.2. The van der Waals surface area contributed by atoms with Gasteiger partial charge in [0, 0.05) is 23.8 Å². The van der Waals surface area contributed by atoms with E-state index in [4.69, 9.17) is 16.3 Å². The number of carbonyl (C=O) groups excluding carboxylic acids is 2. The number of fused-ring (bicyclic) bond motifs is 2. The number of hydrogen-bond acceptors (Lipinski definition) is 7. The van der Waals surface area contributed by atoms with Gasteiger partial charge in [0.25, 0.3) is 5.91 Å². The lowest BCUT2D eigenvalue weighted by atomic mass is 10.0. The van der Waals surface area contributed by atoms with Crippen molar-refractivity contribution in [2.75, 3.05) is 11.4 Å². The highest BCUT2D eigenvalue weighted by atomic mass is 35.5. The van der Waals surface area contributed by atoms with Crippen LogP contribution >= 0.6 is 11.6 Å². The maximum atomic E-state index is 13.6. The molecule has 0 saturated heterocycles. The van der Waals surface area contributed by atoms with E-state index in [1.165, 1.54) is 37.7 Å². The Balaban J connectivity index is 1.52. The molecule has 1 N–H and O–H groups in total. The van der Waals surface area contributed by atoms with Crippen molar-refractivity contribution < 1.29 is 22.7 Å². The number of hydrogen-bond donors (Lipinski definition) is 2. The molecular weight excluding hydrogens is 552 g/mol. The predicted octanol–water partition coefficient (Wildman–Crippen LogP) is 4.62. The van der Waals surface area contributed by atoms with Crippen molar-refractivity contribution in [2.45, 2.75) is 12.5 Å². The average molecular weight is 575 g/mol. The normalized spacial score (nSPS) is 11.9. The molecule has 202 valence electrons. The molecule has 0 unspecified atom stereocenters. The molecule has 9 nitrogen and oxygen atoms in total. The van der Waals surface area contributed by atoms with E-state index in [0.717, 1.165) is 20.6 Å². The van der Waals surface area contributed by atoms with Crippen LogP contribution in [0.15, 0.2) is 91.3 Å². The maximum absolute atomic E-state index is 13.6. The Bertz CT molecular complexity index is 1810. The Kier molecular flexibility index (Phi) is 7.90. The molecule has 0 radical (unpaired) electrons. The molecule has 0 saturated carbocycles. The Hall–Kier alpha value is -4.54. The highest BCUT2D eigenvalue weighted by molar-refractivity contribution is 7.74. The highest BCUT2D eigenvalue weighted by Gasteiger charge is 2.27. The molecule has 11 heteroatoms. The molecule has 40 heavy (non-hydrogen) atoms. The minimum atomic E-state index is -3.30. The van der Waals surface area contributed by atoms with Crippen molar-refractivity contribution in [3.05, 3.63) is 107 Å². The van der Waals surface area contributed by atoms with Crippen LogP contribution in [-0.4, -0.2) is 43.4 Å². The van der Waals surface area contributed by atoms with Gasteiger partial charge in [-0.2, -0.15) is 0 Å². The van der Waals surface area contributed by atoms with Crippen molar-refractivity contribution in [2.24, 2.45) is 0 Å². The second kappa shape index (κ2) is 11.7. The number of aromatic nitrogens is 2. The van der Waals surface area contributed by atoms with E-state index in [2.05, 4.69) is 15.3 Å². The molecule has 5 aromatic rings. The number of halogens is 1. The molecule has 1 atom stereocenters. The molecular formula is C29H23ClN4O5S. The van der Waals surface area contributed by atoms with Gasteiger partial charge in [-0.1, -0.05) is 60.1 Å². The highest BCUT2D eigenvalue weighted by Crippen LogP contribution is 2.34. The van der Waals surface area contributed by atoms with Gasteiger partial charge >= 0.3 is 5.97 Å².